The summed E-state index contributed by atoms with van der Waals surface area (Å²) in [6.07, 6.45) is -0.0821. The van der Waals surface area contributed by atoms with Crippen molar-refractivity contribution in [3.63, 3.8) is 0 Å². The van der Waals surface area contributed by atoms with Gasteiger partial charge in [0.2, 0.25) is 5.91 Å². The smallest absolute Gasteiger partial charge is 0.321 e. The van der Waals surface area contributed by atoms with Crippen LogP contribution >= 0.6 is 11.6 Å². The number of carboxylic acid groups (broad SMARTS) is 1. The SMILES string of the molecule is Cc1c(Cl)cccc1NC(=O)C[C@@H](C(=O)O)N1CCNCC1. The molecule has 1 heterocycles. The van der Waals surface area contributed by atoms with E-state index in [9.17, 15) is 14.7 Å². The first-order valence-electron chi connectivity index (χ1n) is 7.21. The van der Waals surface area contributed by atoms with Crippen molar-refractivity contribution in [2.45, 2.75) is 19.4 Å². The summed E-state index contributed by atoms with van der Waals surface area (Å²) in [4.78, 5) is 25.4. The zero-order valence-electron chi connectivity index (χ0n) is 12.4. The van der Waals surface area contributed by atoms with Gasteiger partial charge in [0, 0.05) is 36.9 Å². The molecule has 0 aliphatic carbocycles. The van der Waals surface area contributed by atoms with Gasteiger partial charge < -0.3 is 15.7 Å². The number of aliphatic carboxylic acids is 1. The number of benzene rings is 1. The van der Waals surface area contributed by atoms with Crippen LogP contribution in [0.15, 0.2) is 18.2 Å². The van der Waals surface area contributed by atoms with Crippen molar-refractivity contribution in [3.8, 4) is 0 Å². The third-order valence-electron chi connectivity index (χ3n) is 3.80. The Bertz CT molecular complexity index is 559. The number of hydrogen-bond acceptors (Lipinski definition) is 4. The van der Waals surface area contributed by atoms with Gasteiger partial charge in [0.05, 0.1) is 6.42 Å². The Labute approximate surface area is 134 Å². The normalized spacial score (nSPS) is 17.0. The van der Waals surface area contributed by atoms with Crippen molar-refractivity contribution in [1.29, 1.82) is 0 Å². The summed E-state index contributed by atoms with van der Waals surface area (Å²) in [5.74, 6) is -1.30. The standard InChI is InChI=1S/C15H20ClN3O3/c1-10-11(16)3-2-4-12(10)18-14(20)9-13(15(21)22)19-7-5-17-6-8-19/h2-4,13,17H,5-9H2,1H3,(H,18,20)(H,21,22)/t13-/m0/s1. The summed E-state index contributed by atoms with van der Waals surface area (Å²) in [6, 6.07) is 4.43. The number of nitrogens with one attached hydrogen (secondary N) is 2. The molecule has 1 fully saturated rings. The lowest BCUT2D eigenvalue weighted by Crippen LogP contribution is -2.52. The van der Waals surface area contributed by atoms with Gasteiger partial charge in [0.25, 0.3) is 0 Å². The van der Waals surface area contributed by atoms with Gasteiger partial charge in [-0.2, -0.15) is 0 Å². The summed E-state index contributed by atoms with van der Waals surface area (Å²) in [7, 11) is 0. The molecule has 0 bridgehead atoms. The molecule has 0 aromatic heterocycles. The summed E-state index contributed by atoms with van der Waals surface area (Å²) in [6.45, 7) is 4.53. The first-order valence-corrected chi connectivity index (χ1v) is 7.59. The minimum absolute atomic E-state index is 0.0821. The number of piperazine rings is 1. The molecule has 1 aliphatic heterocycles. The molecule has 1 atom stereocenters. The summed E-state index contributed by atoms with van der Waals surface area (Å²) < 4.78 is 0. The van der Waals surface area contributed by atoms with Gasteiger partial charge >= 0.3 is 5.97 Å². The largest absolute Gasteiger partial charge is 0.480 e. The number of hydrogen-bond donors (Lipinski definition) is 3. The van der Waals surface area contributed by atoms with Crippen LogP contribution in [-0.4, -0.2) is 54.1 Å². The fourth-order valence-electron chi connectivity index (χ4n) is 2.49. The zero-order chi connectivity index (χ0) is 16.1. The van der Waals surface area contributed by atoms with E-state index < -0.39 is 12.0 Å². The average Bonchev–Trinajstić information content (AvgIpc) is 2.50. The Morgan fingerprint density at radius 1 is 1.41 bits per heavy atom. The maximum absolute atomic E-state index is 12.2. The monoisotopic (exact) mass is 325 g/mol. The van der Waals surface area contributed by atoms with Gasteiger partial charge in [-0.3, -0.25) is 14.5 Å². The van der Waals surface area contributed by atoms with Gasteiger partial charge in [-0.25, -0.2) is 0 Å². The quantitative estimate of drug-likeness (QED) is 0.761. The fraction of sp³-hybridized carbons (Fsp3) is 0.467. The van der Waals surface area contributed by atoms with Crippen LogP contribution in [0.25, 0.3) is 0 Å². The molecule has 120 valence electrons. The number of rotatable bonds is 5. The van der Waals surface area contributed by atoms with E-state index in [0.717, 1.165) is 18.7 Å². The molecule has 0 unspecified atom stereocenters. The average molecular weight is 326 g/mol. The highest BCUT2D eigenvalue weighted by Gasteiger charge is 2.29. The number of halogens is 1. The minimum Gasteiger partial charge on any atom is -0.480 e. The molecule has 1 saturated heterocycles. The first-order chi connectivity index (χ1) is 10.5. The Hall–Kier alpha value is -1.63. The van der Waals surface area contributed by atoms with E-state index in [2.05, 4.69) is 10.6 Å². The molecule has 1 aromatic carbocycles. The number of amides is 1. The Kier molecular flexibility index (Phi) is 5.76. The predicted octanol–water partition coefficient (Wildman–Crippen LogP) is 1.34. The first kappa shape index (κ1) is 16.7. The van der Waals surface area contributed by atoms with Crippen LogP contribution in [0.5, 0.6) is 0 Å². The maximum Gasteiger partial charge on any atom is 0.321 e. The molecule has 1 amide bonds. The van der Waals surface area contributed by atoms with Crippen LogP contribution in [0.1, 0.15) is 12.0 Å². The van der Waals surface area contributed by atoms with E-state index >= 15 is 0 Å². The third-order valence-corrected chi connectivity index (χ3v) is 4.21. The second-order valence-electron chi connectivity index (χ2n) is 5.30. The highest BCUT2D eigenvalue weighted by Crippen LogP contribution is 2.23. The highest BCUT2D eigenvalue weighted by atomic mass is 35.5. The highest BCUT2D eigenvalue weighted by molar-refractivity contribution is 6.31. The Balaban J connectivity index is 2.02. The Morgan fingerprint density at radius 2 is 2.09 bits per heavy atom. The van der Waals surface area contributed by atoms with Gasteiger partial charge in [-0.1, -0.05) is 17.7 Å². The second-order valence-corrected chi connectivity index (χ2v) is 5.71. The molecule has 0 spiro atoms. The van der Waals surface area contributed by atoms with Crippen molar-refractivity contribution >= 4 is 29.2 Å². The van der Waals surface area contributed by atoms with Crippen molar-refractivity contribution < 1.29 is 14.7 Å². The van der Waals surface area contributed by atoms with Crippen LogP contribution in [0, 0.1) is 6.92 Å². The second kappa shape index (κ2) is 7.58. The lowest BCUT2D eigenvalue weighted by molar-refractivity contribution is -0.145. The van der Waals surface area contributed by atoms with Crippen LogP contribution in [0.2, 0.25) is 5.02 Å². The number of nitrogens with zero attached hydrogens (tertiary/aromatic N) is 1. The van der Waals surface area contributed by atoms with Crippen LogP contribution in [0.4, 0.5) is 5.69 Å². The molecule has 6 nitrogen and oxygen atoms in total. The van der Waals surface area contributed by atoms with Gasteiger partial charge in [-0.15, -0.1) is 0 Å². The maximum atomic E-state index is 12.2. The molecule has 0 radical (unpaired) electrons. The van der Waals surface area contributed by atoms with Gasteiger partial charge in [0.15, 0.2) is 0 Å². The van der Waals surface area contributed by atoms with E-state index in [1.165, 1.54) is 0 Å². The molecular formula is C15H20ClN3O3. The molecule has 3 N–H and O–H groups in total. The minimum atomic E-state index is -0.972. The number of carbonyl (C=O) groups excluding carboxylic acids is 1. The lowest BCUT2D eigenvalue weighted by Gasteiger charge is -2.32. The molecule has 0 saturated carbocycles. The van der Waals surface area contributed by atoms with Gasteiger partial charge in [-0.05, 0) is 24.6 Å². The van der Waals surface area contributed by atoms with E-state index in [-0.39, 0.29) is 12.3 Å². The molecule has 1 aliphatic rings. The third kappa shape index (κ3) is 4.19. The van der Waals surface area contributed by atoms with Crippen molar-refractivity contribution in [3.05, 3.63) is 28.8 Å². The summed E-state index contributed by atoms with van der Waals surface area (Å²) >= 11 is 6.01. The molecule has 22 heavy (non-hydrogen) atoms. The Morgan fingerprint density at radius 3 is 2.73 bits per heavy atom. The molecule has 2 rings (SSSR count). The van der Waals surface area contributed by atoms with Crippen LogP contribution < -0.4 is 10.6 Å². The van der Waals surface area contributed by atoms with Crippen LogP contribution in [0.3, 0.4) is 0 Å². The fourth-order valence-corrected chi connectivity index (χ4v) is 2.66. The lowest BCUT2D eigenvalue weighted by atomic mass is 10.1. The number of anilines is 1. The zero-order valence-corrected chi connectivity index (χ0v) is 13.2. The topological polar surface area (TPSA) is 81.7 Å². The molecule has 7 heteroatoms. The van der Waals surface area contributed by atoms with E-state index in [1.807, 2.05) is 11.8 Å². The molecule has 1 aromatic rings. The predicted molar refractivity (Wildman–Crippen MR) is 85.3 cm³/mol. The molecular weight excluding hydrogens is 306 g/mol. The summed E-state index contributed by atoms with van der Waals surface area (Å²) in [5.41, 5.74) is 1.38. The van der Waals surface area contributed by atoms with Crippen LogP contribution in [-0.2, 0) is 9.59 Å². The van der Waals surface area contributed by atoms with Gasteiger partial charge in [0.1, 0.15) is 6.04 Å². The van der Waals surface area contributed by atoms with E-state index in [0.29, 0.717) is 23.8 Å². The van der Waals surface area contributed by atoms with E-state index in [4.69, 9.17) is 11.6 Å². The van der Waals surface area contributed by atoms with Crippen molar-refractivity contribution in [2.24, 2.45) is 0 Å². The number of carbonyl (C=O) groups is 2. The number of carboxylic acids is 1. The van der Waals surface area contributed by atoms with Crippen molar-refractivity contribution in [1.82, 2.24) is 10.2 Å². The summed E-state index contributed by atoms with van der Waals surface area (Å²) in [5, 5.41) is 15.9. The van der Waals surface area contributed by atoms with E-state index in [1.54, 1.807) is 18.2 Å². The van der Waals surface area contributed by atoms with Crippen molar-refractivity contribution in [2.75, 3.05) is 31.5 Å².